The van der Waals surface area contributed by atoms with Gasteiger partial charge in [0.25, 0.3) is 0 Å². The van der Waals surface area contributed by atoms with E-state index in [4.69, 9.17) is 30.7 Å². The number of hydrogen-bond donors (Lipinski definition) is 3. The highest BCUT2D eigenvalue weighted by atomic mass is 31.2. The Labute approximate surface area is 315 Å². The molecule has 2 aromatic carbocycles. The van der Waals surface area contributed by atoms with Gasteiger partial charge in [-0.15, -0.1) is 6.42 Å². The van der Waals surface area contributed by atoms with E-state index >= 15 is 0 Å². The summed E-state index contributed by atoms with van der Waals surface area (Å²) in [5, 5.41) is 14.1. The molecule has 0 amide bonds. The number of hydrogen-bond acceptors (Lipinski definition) is 11. The molecule has 0 spiro atoms. The lowest BCUT2D eigenvalue weighted by Gasteiger charge is -2.30. The van der Waals surface area contributed by atoms with E-state index in [0.717, 1.165) is 56.9 Å². The fourth-order valence-electron chi connectivity index (χ4n) is 6.44. The predicted molar refractivity (Wildman–Crippen MR) is 202 cm³/mol. The molecule has 4 N–H and O–H groups in total. The van der Waals surface area contributed by atoms with E-state index in [1.807, 2.05) is 30.3 Å². The summed E-state index contributed by atoms with van der Waals surface area (Å²) < 4.78 is 54.4. The van der Waals surface area contributed by atoms with Crippen LogP contribution in [0, 0.1) is 24.3 Å². The molecule has 1 aliphatic rings. The smallest absolute Gasteiger partial charge is 0.459 e. The minimum absolute atomic E-state index is 0.0333. The van der Waals surface area contributed by atoms with Crippen molar-refractivity contribution in [1.82, 2.24) is 24.6 Å². The van der Waals surface area contributed by atoms with Crippen molar-refractivity contribution in [2.75, 3.05) is 18.9 Å². The van der Waals surface area contributed by atoms with Gasteiger partial charge in [-0.05, 0) is 42.9 Å². The van der Waals surface area contributed by atoms with Crippen molar-refractivity contribution in [3.63, 3.8) is 0 Å². The van der Waals surface area contributed by atoms with Crippen LogP contribution < -0.4 is 15.3 Å². The summed E-state index contributed by atoms with van der Waals surface area (Å²) in [6.07, 6.45) is 12.3. The second-order valence-electron chi connectivity index (χ2n) is 13.6. The summed E-state index contributed by atoms with van der Waals surface area (Å²) >= 11 is 0. The summed E-state index contributed by atoms with van der Waals surface area (Å²) in [6.45, 7) is 3.92. The first kappa shape index (κ1) is 40.8. The molecule has 13 nitrogen and oxygen atoms in total. The average molecular weight is 765 g/mol. The van der Waals surface area contributed by atoms with E-state index in [1.54, 1.807) is 30.3 Å². The predicted octanol–water partition coefficient (Wildman–Crippen LogP) is 6.92. The van der Waals surface area contributed by atoms with Gasteiger partial charge in [0.15, 0.2) is 22.6 Å². The number of nitrogen functional groups attached to an aromatic ring is 1. The van der Waals surface area contributed by atoms with Gasteiger partial charge in [0.1, 0.15) is 30.7 Å². The quantitative estimate of drug-likeness (QED) is 0.0263. The summed E-state index contributed by atoms with van der Waals surface area (Å²) in [6, 6.07) is 16.4. The number of rotatable bonds is 21. The van der Waals surface area contributed by atoms with Crippen LogP contribution in [0.2, 0.25) is 0 Å². The third-order valence-corrected chi connectivity index (χ3v) is 11.0. The van der Waals surface area contributed by atoms with Crippen molar-refractivity contribution in [3.8, 4) is 18.1 Å². The number of carbonyl (C=O) groups excluding carboxylic acids is 1. The van der Waals surface area contributed by atoms with Gasteiger partial charge in [0.05, 0.1) is 12.9 Å². The molecule has 1 fully saturated rings. The molecule has 15 heteroatoms. The Morgan fingerprint density at radius 1 is 1.11 bits per heavy atom. The number of nitrogens with two attached hydrogens (primary N) is 1. The lowest BCUT2D eigenvalue weighted by molar-refractivity contribution is -0.147. The molecule has 5 atom stereocenters. The Kier molecular flexibility index (Phi) is 14.6. The molecule has 1 aliphatic heterocycles. The number of aliphatic hydroxyl groups is 1. The number of imidazole rings is 1. The fourth-order valence-corrected chi connectivity index (χ4v) is 7.95. The third kappa shape index (κ3) is 10.6. The highest BCUT2D eigenvalue weighted by Crippen LogP contribution is 2.48. The first-order valence-corrected chi connectivity index (χ1v) is 20.1. The summed E-state index contributed by atoms with van der Waals surface area (Å²) in [4.78, 5) is 25.4. The van der Waals surface area contributed by atoms with Crippen LogP contribution in [0.3, 0.4) is 0 Å². The normalized spacial score (nSPS) is 20.1. The zero-order valence-electron chi connectivity index (χ0n) is 30.8. The number of para-hydroxylation sites is 1. The van der Waals surface area contributed by atoms with Crippen molar-refractivity contribution in [3.05, 3.63) is 78.6 Å². The van der Waals surface area contributed by atoms with Gasteiger partial charge in [-0.3, -0.25) is 13.9 Å². The van der Waals surface area contributed by atoms with E-state index in [0.29, 0.717) is 0 Å². The van der Waals surface area contributed by atoms with Crippen LogP contribution in [0.4, 0.5) is 10.2 Å². The molecular formula is C39H50FN6O7P. The van der Waals surface area contributed by atoms with Crippen LogP contribution in [0.5, 0.6) is 5.75 Å². The largest absolute Gasteiger partial charge is 0.464 e. The summed E-state index contributed by atoms with van der Waals surface area (Å²) in [7, 11) is -4.49. The van der Waals surface area contributed by atoms with Crippen LogP contribution in [-0.4, -0.2) is 61.6 Å². The molecule has 1 unspecified atom stereocenters. The van der Waals surface area contributed by atoms with Gasteiger partial charge >= 0.3 is 19.8 Å². The van der Waals surface area contributed by atoms with Crippen molar-refractivity contribution >= 4 is 30.7 Å². The molecule has 54 heavy (non-hydrogen) atoms. The lowest BCUT2D eigenvalue weighted by atomic mass is 9.96. The van der Waals surface area contributed by atoms with Crippen LogP contribution in [0.25, 0.3) is 11.2 Å². The average Bonchev–Trinajstić information content (AvgIpc) is 3.74. The maximum Gasteiger partial charge on any atom is 0.459 e. The number of fused-ring (bicyclic) bond motifs is 1. The first-order valence-electron chi connectivity index (χ1n) is 18.5. The van der Waals surface area contributed by atoms with Crippen molar-refractivity contribution < 1.29 is 37.4 Å². The minimum Gasteiger partial charge on any atom is -0.464 e. The van der Waals surface area contributed by atoms with Gasteiger partial charge in [-0.1, -0.05) is 107 Å². The van der Waals surface area contributed by atoms with E-state index in [-0.39, 0.29) is 48.1 Å². The number of carbonyl (C=O) groups is 1. The van der Waals surface area contributed by atoms with Crippen molar-refractivity contribution in [2.45, 2.75) is 102 Å². The topological polar surface area (TPSA) is 173 Å². The van der Waals surface area contributed by atoms with Crippen LogP contribution in [0.15, 0.2) is 67.0 Å². The number of anilines is 1. The number of aromatic nitrogens is 4. The maximum atomic E-state index is 14.8. The second-order valence-corrected chi connectivity index (χ2v) is 15.3. The Balaban J connectivity index is 1.38. The van der Waals surface area contributed by atoms with Crippen LogP contribution >= 0.6 is 7.75 Å². The monoisotopic (exact) mass is 764 g/mol. The standard InChI is InChI=1S/C39H50FN6O7P/c1-4-7-11-19-29(20-12-8-5-2)25-50-37(48)31(23-28-17-13-9-14-18-28)45-54(49,53-30-21-15-10-16-22-30)51-26-39(6-3)32(47)24-33(52-39)46-27-42-34-35(41)43-38(40)44-36(34)46/h3,9-10,13-18,21-22,27,29,31-33,47H,4-5,7-8,11-12,19-20,23-26H2,1-2H3,(H,45,49)(H2,41,43,44)/t31?,32-,33+,39+,54-/m0/s1. The highest BCUT2D eigenvalue weighted by molar-refractivity contribution is 7.52. The number of esters is 1. The number of benzene rings is 2. The first-order chi connectivity index (χ1) is 26.1. The second kappa shape index (κ2) is 19.3. The van der Waals surface area contributed by atoms with Crippen molar-refractivity contribution in [2.24, 2.45) is 5.92 Å². The van der Waals surface area contributed by atoms with Gasteiger partial charge in [-0.25, -0.2) is 9.55 Å². The van der Waals surface area contributed by atoms with Crippen LogP contribution in [0.1, 0.15) is 83.4 Å². The van der Waals surface area contributed by atoms with E-state index in [2.05, 4.69) is 39.8 Å². The zero-order chi connectivity index (χ0) is 38.6. The third-order valence-electron chi connectivity index (χ3n) is 9.48. The lowest BCUT2D eigenvalue weighted by Crippen LogP contribution is -2.44. The number of unbranched alkanes of at least 4 members (excludes halogenated alkanes) is 4. The molecule has 4 aromatic rings. The Morgan fingerprint density at radius 2 is 1.78 bits per heavy atom. The SMILES string of the molecule is C#C[C@]1(CO[P@@](=O)(NC(Cc2ccccc2)C(=O)OCC(CCCCC)CCCCC)Oc2ccccc2)O[C@@H](n2cnc3c(N)nc(F)nc32)C[C@@H]1O. The number of aliphatic hydroxyl groups excluding tert-OH is 1. The number of nitrogens with zero attached hydrogens (tertiary/aromatic N) is 4. The van der Waals surface area contributed by atoms with Crippen LogP contribution in [-0.2, 0) is 29.8 Å². The molecule has 2 aromatic heterocycles. The number of halogens is 1. The molecule has 290 valence electrons. The summed E-state index contributed by atoms with van der Waals surface area (Å²) in [5.41, 5.74) is 4.94. The highest BCUT2D eigenvalue weighted by Gasteiger charge is 2.50. The minimum atomic E-state index is -4.49. The maximum absolute atomic E-state index is 14.8. The number of nitrogens with one attached hydrogen (secondary N) is 1. The van der Waals surface area contributed by atoms with Crippen molar-refractivity contribution in [1.29, 1.82) is 0 Å². The Bertz CT molecular complexity index is 1880. The number of ether oxygens (including phenoxy) is 2. The molecule has 0 saturated carbocycles. The molecule has 0 radical (unpaired) electrons. The van der Waals surface area contributed by atoms with Gasteiger partial charge < -0.3 is 24.8 Å². The molecule has 5 rings (SSSR count). The van der Waals surface area contributed by atoms with E-state index < -0.39 is 50.4 Å². The van der Waals surface area contributed by atoms with E-state index in [1.165, 1.54) is 10.9 Å². The van der Waals surface area contributed by atoms with Gasteiger partial charge in [0, 0.05) is 6.42 Å². The van der Waals surface area contributed by atoms with Gasteiger partial charge in [-0.2, -0.15) is 19.4 Å². The van der Waals surface area contributed by atoms with Gasteiger partial charge in [0.2, 0.25) is 0 Å². The number of terminal acetylenes is 1. The molecular weight excluding hydrogens is 714 g/mol. The fraction of sp³-hybridized carbons (Fsp3) is 0.487. The molecule has 0 bridgehead atoms. The molecule has 0 aliphatic carbocycles. The van der Waals surface area contributed by atoms with E-state index in [9.17, 15) is 18.9 Å². The Hall–Kier alpha value is -4.38. The zero-order valence-corrected chi connectivity index (χ0v) is 31.7. The molecule has 1 saturated heterocycles. The molecule has 3 heterocycles. The Morgan fingerprint density at radius 3 is 2.43 bits per heavy atom. The summed E-state index contributed by atoms with van der Waals surface area (Å²) in [5.74, 6) is 2.07.